The summed E-state index contributed by atoms with van der Waals surface area (Å²) in [6.45, 7) is 4.05. The lowest BCUT2D eigenvalue weighted by Crippen LogP contribution is -2.52. The number of ether oxygens (including phenoxy) is 2. The van der Waals surface area contributed by atoms with Crippen molar-refractivity contribution in [1.29, 1.82) is 0 Å². The quantitative estimate of drug-likeness (QED) is 0.786. The summed E-state index contributed by atoms with van der Waals surface area (Å²) < 4.78 is 10.0. The molecule has 0 amide bonds. The van der Waals surface area contributed by atoms with Crippen molar-refractivity contribution in [2.75, 3.05) is 14.2 Å². The van der Waals surface area contributed by atoms with E-state index in [1.54, 1.807) is 0 Å². The zero-order valence-electron chi connectivity index (χ0n) is 15.6. The van der Waals surface area contributed by atoms with Crippen LogP contribution in [0.5, 0.6) is 0 Å². The number of methoxy groups -OCH3 is 2. The molecule has 4 nitrogen and oxygen atoms in total. The van der Waals surface area contributed by atoms with Gasteiger partial charge in [-0.15, -0.1) is 0 Å². The summed E-state index contributed by atoms with van der Waals surface area (Å²) >= 11 is 0. The molecule has 26 heavy (non-hydrogen) atoms. The van der Waals surface area contributed by atoms with Crippen molar-refractivity contribution in [3.63, 3.8) is 0 Å². The first-order chi connectivity index (χ1) is 12.5. The highest BCUT2D eigenvalue weighted by atomic mass is 16.5. The Balaban J connectivity index is 2.11. The van der Waals surface area contributed by atoms with Gasteiger partial charge in [-0.2, -0.15) is 0 Å². The number of rotatable bonds is 4. The van der Waals surface area contributed by atoms with Gasteiger partial charge in [0.1, 0.15) is 0 Å². The molecule has 0 N–H and O–H groups in total. The molecule has 3 rings (SSSR count). The molecule has 1 saturated carbocycles. The third kappa shape index (κ3) is 3.12. The Bertz CT molecular complexity index is 757. The van der Waals surface area contributed by atoms with Crippen molar-refractivity contribution in [3.05, 3.63) is 70.8 Å². The van der Waals surface area contributed by atoms with Crippen LogP contribution in [0, 0.1) is 25.7 Å². The van der Waals surface area contributed by atoms with Crippen LogP contribution in [-0.4, -0.2) is 26.2 Å². The van der Waals surface area contributed by atoms with E-state index < -0.39 is 11.8 Å². The van der Waals surface area contributed by atoms with Crippen LogP contribution in [0.2, 0.25) is 0 Å². The van der Waals surface area contributed by atoms with E-state index in [2.05, 4.69) is 12.1 Å². The molecule has 4 atom stereocenters. The normalized spacial score (nSPS) is 24.5. The van der Waals surface area contributed by atoms with E-state index in [1.807, 2.05) is 50.2 Å². The van der Waals surface area contributed by atoms with E-state index in [0.29, 0.717) is 0 Å². The largest absolute Gasteiger partial charge is 0.469 e. The van der Waals surface area contributed by atoms with Crippen LogP contribution in [0.4, 0.5) is 0 Å². The Morgan fingerprint density at radius 3 is 1.42 bits per heavy atom. The fourth-order valence-corrected chi connectivity index (χ4v) is 4.19. The summed E-state index contributed by atoms with van der Waals surface area (Å²) in [5.41, 5.74) is 4.34. The van der Waals surface area contributed by atoms with E-state index in [-0.39, 0.29) is 23.8 Å². The number of hydrogen-bond donors (Lipinski definition) is 0. The minimum Gasteiger partial charge on any atom is -0.469 e. The molecule has 0 unspecified atom stereocenters. The zero-order valence-corrected chi connectivity index (χ0v) is 15.6. The average Bonchev–Trinajstić information content (AvgIpc) is 2.60. The Morgan fingerprint density at radius 2 is 1.12 bits per heavy atom. The molecule has 0 bridgehead atoms. The number of hydrogen-bond acceptors (Lipinski definition) is 4. The molecule has 1 aliphatic rings. The van der Waals surface area contributed by atoms with Gasteiger partial charge < -0.3 is 9.47 Å². The lowest BCUT2D eigenvalue weighted by molar-refractivity contribution is -0.168. The van der Waals surface area contributed by atoms with Crippen LogP contribution in [0.25, 0.3) is 0 Å². The molecule has 1 aliphatic carbocycles. The summed E-state index contributed by atoms with van der Waals surface area (Å²) in [5.74, 6) is -2.05. The molecule has 0 heterocycles. The lowest BCUT2D eigenvalue weighted by Gasteiger charge is -2.49. The van der Waals surface area contributed by atoms with Crippen LogP contribution in [0.1, 0.15) is 34.1 Å². The number of esters is 2. The minimum absolute atomic E-state index is 0.117. The van der Waals surface area contributed by atoms with Crippen molar-refractivity contribution in [2.45, 2.75) is 25.7 Å². The Morgan fingerprint density at radius 1 is 0.731 bits per heavy atom. The van der Waals surface area contributed by atoms with Crippen molar-refractivity contribution >= 4 is 11.9 Å². The van der Waals surface area contributed by atoms with Gasteiger partial charge in [0.15, 0.2) is 0 Å². The smallest absolute Gasteiger partial charge is 0.310 e. The molecule has 1 fully saturated rings. The van der Waals surface area contributed by atoms with Crippen LogP contribution in [0.3, 0.4) is 0 Å². The van der Waals surface area contributed by atoms with Crippen molar-refractivity contribution < 1.29 is 19.1 Å². The fraction of sp³-hybridized carbons (Fsp3) is 0.364. The number of benzene rings is 2. The summed E-state index contributed by atoms with van der Waals surface area (Å²) in [5, 5.41) is 0. The lowest BCUT2D eigenvalue weighted by atomic mass is 9.52. The van der Waals surface area contributed by atoms with E-state index in [1.165, 1.54) is 14.2 Å². The first kappa shape index (κ1) is 18.2. The van der Waals surface area contributed by atoms with Gasteiger partial charge in [-0.25, -0.2) is 0 Å². The van der Waals surface area contributed by atoms with Crippen LogP contribution in [0.15, 0.2) is 48.5 Å². The summed E-state index contributed by atoms with van der Waals surface area (Å²) in [4.78, 5) is 25.0. The Hall–Kier alpha value is -2.62. The second-order valence-corrected chi connectivity index (χ2v) is 6.98. The van der Waals surface area contributed by atoms with Crippen molar-refractivity contribution in [3.8, 4) is 0 Å². The second-order valence-electron chi connectivity index (χ2n) is 6.98. The SMILES string of the molecule is COC(=O)[C@@H]1[C@H](C(=O)OC)[C@@H](c2cccc(C)c2)[C@H]1c1cccc(C)c1. The Kier molecular flexibility index (Phi) is 5.12. The third-order valence-electron chi connectivity index (χ3n) is 5.35. The predicted octanol–water partition coefficient (Wildman–Crippen LogP) is 3.76. The van der Waals surface area contributed by atoms with E-state index in [0.717, 1.165) is 22.3 Å². The maximum Gasteiger partial charge on any atom is 0.310 e. The summed E-state index contributed by atoms with van der Waals surface area (Å²) in [7, 11) is 2.73. The summed E-state index contributed by atoms with van der Waals surface area (Å²) in [6.07, 6.45) is 0. The molecule has 0 saturated heterocycles. The van der Waals surface area contributed by atoms with E-state index >= 15 is 0 Å². The van der Waals surface area contributed by atoms with Gasteiger partial charge >= 0.3 is 11.9 Å². The molecule has 2 aromatic carbocycles. The van der Waals surface area contributed by atoms with Gasteiger partial charge in [0.2, 0.25) is 0 Å². The third-order valence-corrected chi connectivity index (χ3v) is 5.35. The molecule has 0 radical (unpaired) electrons. The standard InChI is InChI=1S/C22H24O4/c1-13-7-5-9-15(11-13)17-18(16-10-6-8-14(2)12-16)20(22(24)26-4)19(17)21(23)25-3/h5-12,17-20H,1-4H3/t17-,18+,19+,20-. The molecule has 136 valence electrons. The molecule has 0 aliphatic heterocycles. The van der Waals surface area contributed by atoms with Crippen LogP contribution >= 0.6 is 0 Å². The number of carbonyl (C=O) groups excluding carboxylic acids is 2. The monoisotopic (exact) mass is 352 g/mol. The number of carbonyl (C=O) groups is 2. The highest BCUT2D eigenvalue weighted by Crippen LogP contribution is 2.58. The minimum atomic E-state index is -0.542. The second kappa shape index (κ2) is 7.32. The molecular formula is C22H24O4. The summed E-state index contributed by atoms with van der Waals surface area (Å²) in [6, 6.07) is 16.2. The van der Waals surface area contributed by atoms with Gasteiger partial charge in [-0.05, 0) is 25.0 Å². The van der Waals surface area contributed by atoms with Crippen LogP contribution in [-0.2, 0) is 19.1 Å². The van der Waals surface area contributed by atoms with Gasteiger partial charge in [0.05, 0.1) is 26.1 Å². The Labute approximate surface area is 154 Å². The molecule has 2 aromatic rings. The average molecular weight is 352 g/mol. The maximum absolute atomic E-state index is 12.5. The van der Waals surface area contributed by atoms with Crippen LogP contribution < -0.4 is 0 Å². The molecule has 0 aromatic heterocycles. The van der Waals surface area contributed by atoms with Gasteiger partial charge in [0.25, 0.3) is 0 Å². The molecule has 0 spiro atoms. The molecular weight excluding hydrogens is 328 g/mol. The maximum atomic E-state index is 12.5. The highest BCUT2D eigenvalue weighted by Gasteiger charge is 2.59. The highest BCUT2D eigenvalue weighted by molar-refractivity contribution is 5.87. The van der Waals surface area contributed by atoms with Gasteiger partial charge in [-0.3, -0.25) is 9.59 Å². The first-order valence-electron chi connectivity index (χ1n) is 8.76. The van der Waals surface area contributed by atoms with Gasteiger partial charge in [0, 0.05) is 11.8 Å². The van der Waals surface area contributed by atoms with Crippen molar-refractivity contribution in [2.24, 2.45) is 11.8 Å². The zero-order chi connectivity index (χ0) is 18.8. The molecule has 4 heteroatoms. The van der Waals surface area contributed by atoms with Crippen molar-refractivity contribution in [1.82, 2.24) is 0 Å². The van der Waals surface area contributed by atoms with Gasteiger partial charge in [-0.1, -0.05) is 59.7 Å². The van der Waals surface area contributed by atoms with E-state index in [9.17, 15) is 9.59 Å². The van der Waals surface area contributed by atoms with E-state index in [4.69, 9.17) is 9.47 Å². The number of aryl methyl sites for hydroxylation is 2. The predicted molar refractivity (Wildman–Crippen MR) is 98.9 cm³/mol. The fourth-order valence-electron chi connectivity index (χ4n) is 4.19. The first-order valence-corrected chi connectivity index (χ1v) is 8.76. The topological polar surface area (TPSA) is 52.6 Å².